The van der Waals surface area contributed by atoms with Gasteiger partial charge in [-0.25, -0.2) is 17.2 Å². The molecule has 1 aliphatic heterocycles. The third-order valence-corrected chi connectivity index (χ3v) is 21.1. The number of fused-ring (bicyclic) bond motifs is 7. The lowest BCUT2D eigenvalue weighted by Crippen LogP contribution is -2.53. The number of aryl methyl sites for hydroxylation is 1. The molecule has 3 amide bonds. The highest BCUT2D eigenvalue weighted by molar-refractivity contribution is 7.89. The van der Waals surface area contributed by atoms with Crippen molar-refractivity contribution in [3.8, 4) is 28.2 Å². The summed E-state index contributed by atoms with van der Waals surface area (Å²) in [7, 11) is -4.10. The zero-order chi connectivity index (χ0) is 58.1. The predicted octanol–water partition coefficient (Wildman–Crippen LogP) is 12.0. The largest absolute Gasteiger partial charge is 0.505 e. The van der Waals surface area contributed by atoms with Crippen LogP contribution < -0.4 is 21.4 Å². The number of nitrogens with one attached hydrogen (secondary N) is 3. The van der Waals surface area contributed by atoms with Crippen LogP contribution in [-0.2, 0) is 19.6 Å². The molecule has 0 aromatic heterocycles. The lowest BCUT2D eigenvalue weighted by molar-refractivity contribution is -0.384. The van der Waals surface area contributed by atoms with Gasteiger partial charge in [0.15, 0.2) is 17.4 Å². The maximum Gasteiger partial charge on any atom is 0.269 e. The number of allylic oxidation sites excluding steroid dienone is 1. The van der Waals surface area contributed by atoms with E-state index in [0.717, 1.165) is 54.9 Å². The molecule has 15 nitrogen and oxygen atoms in total. The van der Waals surface area contributed by atoms with E-state index in [-0.39, 0.29) is 94.8 Å². The first-order valence-corrected chi connectivity index (χ1v) is 30.4. The van der Waals surface area contributed by atoms with E-state index in [2.05, 4.69) is 56.6 Å². The molecule has 0 unspecified atom stereocenters. The highest BCUT2D eigenvalue weighted by atomic mass is 32.2. The van der Waals surface area contributed by atoms with Crippen LogP contribution in [0.25, 0.3) is 33.4 Å². The van der Waals surface area contributed by atoms with Crippen LogP contribution in [0.4, 0.5) is 14.5 Å². The predicted molar refractivity (Wildman–Crippen MR) is 307 cm³/mol. The standard InChI is InChI=1S/C63H77F2N5O10S/c1-37(2)9-7-10-38(3)49-19-20-50-46-18-12-41-32-43(21-25-62(41,5)51(46)22-26-63(49,50)6)69(81(78,79)44-15-13-42(14-16-44)70(76)77)30-8-27-66-58(73)23-28-67-59(74)24-29-68-61(75)40-11-17-45(39(4)31-40)60-47-33-52(64)54(71)35-56(47)80-57-36-55(72)53(65)34-48(57)60/h11-17,31,33-38,43,46,49-51,71H,7-10,18-30,32H2,1-6H3,(H,66,73)(H,67,74)(H,68,75)/t38-,43+,46+,49-,50+,51+,62+,63-/m1/s1. The molecule has 18 heteroatoms. The quantitative estimate of drug-likeness (QED) is 0.0179. The van der Waals surface area contributed by atoms with Crippen LogP contribution in [0.1, 0.15) is 140 Å². The summed E-state index contributed by atoms with van der Waals surface area (Å²) in [6.45, 7) is 14.2. The number of aromatic hydroxyl groups is 1. The Labute approximate surface area is 473 Å². The molecule has 1 heterocycles. The van der Waals surface area contributed by atoms with Gasteiger partial charge in [-0.3, -0.25) is 29.3 Å². The second-order valence-electron chi connectivity index (χ2n) is 24.4. The smallest absolute Gasteiger partial charge is 0.269 e. The Hall–Kier alpha value is -6.53. The van der Waals surface area contributed by atoms with Crippen molar-refractivity contribution >= 4 is 44.4 Å². The van der Waals surface area contributed by atoms with Gasteiger partial charge in [0, 0.05) is 91.4 Å². The molecular weight excluding hydrogens is 1060 g/mol. The molecule has 9 rings (SSSR count). The van der Waals surface area contributed by atoms with E-state index in [4.69, 9.17) is 4.42 Å². The van der Waals surface area contributed by atoms with Gasteiger partial charge >= 0.3 is 0 Å². The summed E-state index contributed by atoms with van der Waals surface area (Å²) in [4.78, 5) is 62.1. The van der Waals surface area contributed by atoms with E-state index in [1.807, 2.05) is 0 Å². The van der Waals surface area contributed by atoms with Gasteiger partial charge in [0.25, 0.3) is 11.6 Å². The molecule has 0 radical (unpaired) electrons. The Kier molecular flexibility index (Phi) is 17.6. The molecular formula is C63H77F2N5O10S. The van der Waals surface area contributed by atoms with Crippen LogP contribution >= 0.6 is 0 Å². The van der Waals surface area contributed by atoms with Gasteiger partial charge in [0.1, 0.15) is 11.3 Å². The number of halogens is 2. The van der Waals surface area contributed by atoms with Gasteiger partial charge in [0.05, 0.1) is 9.82 Å². The van der Waals surface area contributed by atoms with Gasteiger partial charge in [-0.05, 0) is 159 Å². The van der Waals surface area contributed by atoms with Crippen LogP contribution in [0.3, 0.4) is 0 Å². The van der Waals surface area contributed by atoms with E-state index >= 15 is 0 Å². The van der Waals surface area contributed by atoms with Crippen LogP contribution in [0.2, 0.25) is 0 Å². The number of sulfonamides is 1. The van der Waals surface area contributed by atoms with E-state index < -0.39 is 49.6 Å². The minimum atomic E-state index is -4.10. The maximum atomic E-state index is 14.7. The van der Waals surface area contributed by atoms with Crippen LogP contribution in [0.15, 0.2) is 92.5 Å². The molecule has 0 bridgehead atoms. The molecule has 0 spiro atoms. The van der Waals surface area contributed by atoms with Crippen molar-refractivity contribution < 1.29 is 46.0 Å². The number of carbonyl (C=O) groups is 3. The second-order valence-corrected chi connectivity index (χ2v) is 26.3. The first-order valence-electron chi connectivity index (χ1n) is 29.0. The molecule has 3 fully saturated rings. The number of hydrogen-bond acceptors (Lipinski definition) is 10. The Morgan fingerprint density at radius 3 is 2.26 bits per heavy atom. The number of phenolic OH excluding ortho intramolecular Hbond substituents is 1. The summed E-state index contributed by atoms with van der Waals surface area (Å²) in [5, 5.41) is 30.0. The summed E-state index contributed by atoms with van der Waals surface area (Å²) >= 11 is 0. The van der Waals surface area contributed by atoms with Crippen molar-refractivity contribution in [3.63, 3.8) is 0 Å². The maximum absolute atomic E-state index is 14.7. The molecule has 5 aliphatic carbocycles. The van der Waals surface area contributed by atoms with Gasteiger partial charge in [-0.15, -0.1) is 0 Å². The molecule has 4 N–H and O–H groups in total. The molecule has 81 heavy (non-hydrogen) atoms. The summed E-state index contributed by atoms with van der Waals surface area (Å²) in [6, 6.07) is 13.5. The topological polar surface area (TPSA) is 218 Å². The Morgan fingerprint density at radius 2 is 1.56 bits per heavy atom. The van der Waals surface area contributed by atoms with E-state index in [1.165, 1.54) is 80.9 Å². The van der Waals surface area contributed by atoms with Crippen molar-refractivity contribution in [2.45, 2.75) is 142 Å². The van der Waals surface area contributed by atoms with Crippen molar-refractivity contribution in [3.05, 3.63) is 121 Å². The molecule has 3 saturated carbocycles. The number of nitro groups is 1. The average Bonchev–Trinajstić information content (AvgIpc) is 3.98. The number of hydrogen-bond donors (Lipinski definition) is 4. The number of nitro benzene ring substituents is 1. The Bertz CT molecular complexity index is 3380. The molecule has 3 aromatic carbocycles. The number of amides is 3. The lowest BCUT2D eigenvalue weighted by Gasteiger charge is -2.59. The first-order chi connectivity index (χ1) is 38.5. The van der Waals surface area contributed by atoms with Gasteiger partial charge in [-0.2, -0.15) is 4.31 Å². The first kappa shape index (κ1) is 59.1. The van der Waals surface area contributed by atoms with E-state index in [0.29, 0.717) is 59.1 Å². The van der Waals surface area contributed by atoms with Gasteiger partial charge in [0.2, 0.25) is 27.3 Å². The average molecular weight is 1130 g/mol. The minimum Gasteiger partial charge on any atom is -0.505 e. The number of non-ortho nitro benzene ring substituents is 1. The molecule has 434 valence electrons. The number of nitrogens with zero attached hydrogens (tertiary/aromatic N) is 2. The Morgan fingerprint density at radius 1 is 0.840 bits per heavy atom. The highest BCUT2D eigenvalue weighted by Gasteiger charge is 2.59. The van der Waals surface area contributed by atoms with Gasteiger partial charge in [-0.1, -0.05) is 71.6 Å². The zero-order valence-corrected chi connectivity index (χ0v) is 48.2. The van der Waals surface area contributed by atoms with Gasteiger partial charge < -0.3 is 25.5 Å². The fourth-order valence-corrected chi connectivity index (χ4v) is 16.6. The molecule has 0 saturated heterocycles. The minimum absolute atomic E-state index is 0.0142. The number of rotatable bonds is 21. The Balaban J connectivity index is 0.766. The molecule has 3 aromatic rings. The SMILES string of the molecule is Cc1cc(C(=O)NCCC(=O)NCCC(=O)NCCCN([C@H]2CC[C@@]3(C)C(=CC[C@H]4[C@@H]5CC[C@H]([C@H](C)CCCC(C)C)[C@@]5(C)CC[C@@H]43)C2)S(=O)(=O)c2ccc([N+](=O)[O-])cc2)ccc1-c1c2cc(F)c(=O)cc-2oc2cc(O)c(F)cc12. The van der Waals surface area contributed by atoms with Crippen LogP contribution in [0, 0.1) is 75.0 Å². The second kappa shape index (κ2) is 24.1. The third kappa shape index (κ3) is 12.2. The molecule has 6 aliphatic rings. The monoisotopic (exact) mass is 1130 g/mol. The summed E-state index contributed by atoms with van der Waals surface area (Å²) in [6.07, 6.45) is 14.8. The van der Waals surface area contributed by atoms with Crippen molar-refractivity contribution in [2.75, 3.05) is 26.2 Å². The van der Waals surface area contributed by atoms with Crippen molar-refractivity contribution in [1.82, 2.24) is 20.3 Å². The third-order valence-electron chi connectivity index (χ3n) is 19.1. The van der Waals surface area contributed by atoms with Crippen molar-refractivity contribution in [2.24, 2.45) is 46.3 Å². The number of carbonyl (C=O) groups excluding carboxylic acids is 3. The molecule has 8 atom stereocenters. The summed E-state index contributed by atoms with van der Waals surface area (Å²) < 4.78 is 65.7. The fraction of sp³-hybridized carbons (Fsp3) is 0.524. The lowest BCUT2D eigenvalue weighted by atomic mass is 9.47. The van der Waals surface area contributed by atoms with E-state index in [1.54, 1.807) is 23.4 Å². The van der Waals surface area contributed by atoms with Crippen LogP contribution in [0.5, 0.6) is 5.75 Å². The zero-order valence-electron chi connectivity index (χ0n) is 47.4. The number of benzene rings is 4. The number of phenols is 1. The van der Waals surface area contributed by atoms with Crippen LogP contribution in [-0.4, -0.2) is 72.7 Å². The normalized spacial score (nSPS) is 23.8. The summed E-state index contributed by atoms with van der Waals surface area (Å²) in [5.74, 6) is 0.233. The fourth-order valence-electron chi connectivity index (χ4n) is 14.9. The summed E-state index contributed by atoms with van der Waals surface area (Å²) in [5.41, 5.74) is 2.42. The van der Waals surface area contributed by atoms with Crippen molar-refractivity contribution in [1.29, 1.82) is 0 Å². The highest BCUT2D eigenvalue weighted by Crippen LogP contribution is 2.67. The van der Waals surface area contributed by atoms with E-state index in [9.17, 15) is 51.6 Å².